The molecule has 1 amide bonds. The lowest BCUT2D eigenvalue weighted by molar-refractivity contribution is -0.127. The quantitative estimate of drug-likeness (QED) is 0.838. The number of nitrogens with two attached hydrogens (primary N) is 1. The van der Waals surface area contributed by atoms with Gasteiger partial charge in [0.1, 0.15) is 5.75 Å². The van der Waals surface area contributed by atoms with Gasteiger partial charge in [0.2, 0.25) is 0 Å². The van der Waals surface area contributed by atoms with Crippen molar-refractivity contribution in [3.05, 3.63) is 29.8 Å². The summed E-state index contributed by atoms with van der Waals surface area (Å²) in [5.74, 6) is 1.08. The zero-order valence-corrected chi connectivity index (χ0v) is 10.8. The highest BCUT2D eigenvalue weighted by Gasteiger charge is 2.28. The second-order valence-corrected chi connectivity index (χ2v) is 5.07. The van der Waals surface area contributed by atoms with Gasteiger partial charge >= 0.3 is 0 Å². The molecule has 4 nitrogen and oxygen atoms in total. The molecule has 0 radical (unpaired) electrons. The largest absolute Gasteiger partial charge is 0.480 e. The predicted octanol–water partition coefficient (Wildman–Crippen LogP) is 1.09. The third-order valence-corrected chi connectivity index (χ3v) is 3.31. The number of ether oxygens (including phenoxy) is 1. The van der Waals surface area contributed by atoms with Crippen LogP contribution in [0.2, 0.25) is 0 Å². The van der Waals surface area contributed by atoms with Crippen LogP contribution in [-0.2, 0) is 11.2 Å². The summed E-state index contributed by atoms with van der Waals surface area (Å²) in [4.78, 5) is 11.9. The van der Waals surface area contributed by atoms with Crippen molar-refractivity contribution in [3.8, 4) is 5.75 Å². The van der Waals surface area contributed by atoms with Crippen LogP contribution in [0.15, 0.2) is 24.3 Å². The Morgan fingerprint density at radius 3 is 2.89 bits per heavy atom. The molecule has 0 bridgehead atoms. The van der Waals surface area contributed by atoms with Gasteiger partial charge in [0.05, 0.1) is 0 Å². The summed E-state index contributed by atoms with van der Waals surface area (Å²) in [6.45, 7) is 4.57. The summed E-state index contributed by atoms with van der Waals surface area (Å²) in [5, 5.41) is 2.85. The topological polar surface area (TPSA) is 64.3 Å². The van der Waals surface area contributed by atoms with Crippen LogP contribution in [0.25, 0.3) is 0 Å². The monoisotopic (exact) mass is 248 g/mol. The molecule has 0 saturated heterocycles. The van der Waals surface area contributed by atoms with Gasteiger partial charge in [-0.25, -0.2) is 0 Å². The van der Waals surface area contributed by atoms with Gasteiger partial charge in [-0.2, -0.15) is 0 Å². The van der Waals surface area contributed by atoms with E-state index in [1.165, 1.54) is 0 Å². The third kappa shape index (κ3) is 2.82. The minimum Gasteiger partial charge on any atom is -0.480 e. The number of carbonyl (C=O) groups excluding carboxylic acids is 1. The van der Waals surface area contributed by atoms with Gasteiger partial charge in [-0.05, 0) is 17.5 Å². The molecule has 3 N–H and O–H groups in total. The fraction of sp³-hybridized carbons (Fsp3) is 0.500. The van der Waals surface area contributed by atoms with Crippen LogP contribution >= 0.6 is 0 Å². The Hall–Kier alpha value is -1.55. The van der Waals surface area contributed by atoms with Crippen molar-refractivity contribution in [1.82, 2.24) is 5.32 Å². The van der Waals surface area contributed by atoms with Gasteiger partial charge in [-0.3, -0.25) is 4.79 Å². The molecule has 1 aromatic rings. The van der Waals surface area contributed by atoms with Crippen LogP contribution in [-0.4, -0.2) is 24.6 Å². The standard InChI is InChI=1S/C14H20N2O2/c1-9(2)11(15)8-16-14(17)13-7-10-5-3-4-6-12(10)18-13/h3-6,9,11,13H,7-8,15H2,1-2H3,(H,16,17). The maximum absolute atomic E-state index is 11.9. The molecule has 2 atom stereocenters. The van der Waals surface area contributed by atoms with E-state index < -0.39 is 6.10 Å². The summed E-state index contributed by atoms with van der Waals surface area (Å²) in [6, 6.07) is 7.73. The second kappa shape index (κ2) is 5.40. The average molecular weight is 248 g/mol. The number of fused-ring (bicyclic) bond motifs is 1. The van der Waals surface area contributed by atoms with E-state index in [0.717, 1.165) is 11.3 Å². The normalized spacial score (nSPS) is 19.2. The molecule has 1 aliphatic rings. The van der Waals surface area contributed by atoms with Crippen molar-refractivity contribution >= 4 is 5.91 Å². The van der Waals surface area contributed by atoms with E-state index in [1.807, 2.05) is 38.1 Å². The molecular weight excluding hydrogens is 228 g/mol. The van der Waals surface area contributed by atoms with Crippen molar-refractivity contribution in [2.45, 2.75) is 32.4 Å². The predicted molar refractivity (Wildman–Crippen MR) is 70.4 cm³/mol. The highest BCUT2D eigenvalue weighted by Crippen LogP contribution is 2.27. The zero-order chi connectivity index (χ0) is 13.1. The second-order valence-electron chi connectivity index (χ2n) is 5.07. The van der Waals surface area contributed by atoms with Gasteiger partial charge in [-0.1, -0.05) is 32.0 Å². The van der Waals surface area contributed by atoms with E-state index in [-0.39, 0.29) is 11.9 Å². The van der Waals surface area contributed by atoms with Crippen molar-refractivity contribution in [3.63, 3.8) is 0 Å². The van der Waals surface area contributed by atoms with E-state index in [9.17, 15) is 4.79 Å². The van der Waals surface area contributed by atoms with Crippen molar-refractivity contribution < 1.29 is 9.53 Å². The fourth-order valence-corrected chi connectivity index (χ4v) is 1.90. The summed E-state index contributed by atoms with van der Waals surface area (Å²) >= 11 is 0. The molecule has 1 aliphatic heterocycles. The van der Waals surface area contributed by atoms with E-state index in [2.05, 4.69) is 5.32 Å². The van der Waals surface area contributed by atoms with Crippen LogP contribution in [0, 0.1) is 5.92 Å². The number of amides is 1. The molecule has 0 fully saturated rings. The van der Waals surface area contributed by atoms with Crippen LogP contribution in [0.3, 0.4) is 0 Å². The van der Waals surface area contributed by atoms with Gasteiger partial charge in [-0.15, -0.1) is 0 Å². The van der Waals surface area contributed by atoms with Gasteiger partial charge in [0, 0.05) is 19.0 Å². The molecule has 18 heavy (non-hydrogen) atoms. The van der Waals surface area contributed by atoms with Crippen LogP contribution in [0.5, 0.6) is 5.75 Å². The maximum Gasteiger partial charge on any atom is 0.261 e. The Kier molecular flexibility index (Phi) is 3.87. The number of hydrogen-bond donors (Lipinski definition) is 2. The molecule has 4 heteroatoms. The lowest BCUT2D eigenvalue weighted by Gasteiger charge is -2.17. The Bertz CT molecular complexity index is 407. The number of carbonyl (C=O) groups is 1. The number of benzene rings is 1. The molecule has 0 spiro atoms. The van der Waals surface area contributed by atoms with E-state index in [0.29, 0.717) is 18.9 Å². The smallest absolute Gasteiger partial charge is 0.261 e. The summed E-state index contributed by atoms with van der Waals surface area (Å²) in [5.41, 5.74) is 6.98. The zero-order valence-electron chi connectivity index (χ0n) is 10.8. The number of rotatable bonds is 4. The SMILES string of the molecule is CC(C)C(N)CNC(=O)C1Cc2ccccc2O1. The van der Waals surface area contributed by atoms with E-state index in [1.54, 1.807) is 0 Å². The Morgan fingerprint density at radius 1 is 1.50 bits per heavy atom. The molecule has 1 heterocycles. The van der Waals surface area contributed by atoms with Crippen molar-refractivity contribution in [1.29, 1.82) is 0 Å². The highest BCUT2D eigenvalue weighted by molar-refractivity contribution is 5.82. The summed E-state index contributed by atoms with van der Waals surface area (Å²) in [6.07, 6.45) is 0.223. The molecule has 2 unspecified atom stereocenters. The first-order valence-corrected chi connectivity index (χ1v) is 6.35. The number of para-hydroxylation sites is 1. The summed E-state index contributed by atoms with van der Waals surface area (Å²) in [7, 11) is 0. The molecule has 0 aliphatic carbocycles. The third-order valence-electron chi connectivity index (χ3n) is 3.31. The minimum absolute atomic E-state index is 0.0160. The van der Waals surface area contributed by atoms with Gasteiger partial charge < -0.3 is 15.8 Å². The number of hydrogen-bond acceptors (Lipinski definition) is 3. The Labute approximate surface area is 108 Å². The van der Waals surface area contributed by atoms with Gasteiger partial charge in [0.15, 0.2) is 6.10 Å². The van der Waals surface area contributed by atoms with Crippen LogP contribution < -0.4 is 15.8 Å². The number of nitrogens with one attached hydrogen (secondary N) is 1. The van der Waals surface area contributed by atoms with Gasteiger partial charge in [0.25, 0.3) is 5.91 Å². The first-order chi connectivity index (χ1) is 8.58. The minimum atomic E-state index is -0.415. The Morgan fingerprint density at radius 2 is 2.22 bits per heavy atom. The first-order valence-electron chi connectivity index (χ1n) is 6.35. The molecule has 1 aromatic carbocycles. The fourth-order valence-electron chi connectivity index (χ4n) is 1.90. The molecule has 2 rings (SSSR count). The highest BCUT2D eigenvalue weighted by atomic mass is 16.5. The molecular formula is C14H20N2O2. The molecule has 98 valence electrons. The Balaban J connectivity index is 1.86. The van der Waals surface area contributed by atoms with E-state index >= 15 is 0 Å². The van der Waals surface area contributed by atoms with Crippen molar-refractivity contribution in [2.75, 3.05) is 6.54 Å². The lowest BCUT2D eigenvalue weighted by atomic mass is 10.1. The lowest BCUT2D eigenvalue weighted by Crippen LogP contribution is -2.45. The summed E-state index contributed by atoms with van der Waals surface area (Å²) < 4.78 is 5.61. The van der Waals surface area contributed by atoms with Crippen LogP contribution in [0.4, 0.5) is 0 Å². The molecule has 0 aromatic heterocycles. The molecule has 0 saturated carbocycles. The maximum atomic E-state index is 11.9. The van der Waals surface area contributed by atoms with E-state index in [4.69, 9.17) is 10.5 Å². The van der Waals surface area contributed by atoms with Crippen LogP contribution in [0.1, 0.15) is 19.4 Å². The average Bonchev–Trinajstić information content (AvgIpc) is 2.79. The first kappa shape index (κ1) is 12.9. The van der Waals surface area contributed by atoms with Crippen molar-refractivity contribution in [2.24, 2.45) is 11.7 Å².